The highest BCUT2D eigenvalue weighted by Gasteiger charge is 2.42. The molecule has 0 saturated carbocycles. The molecule has 0 radical (unpaired) electrons. The Morgan fingerprint density at radius 2 is 1.35 bits per heavy atom. The SMILES string of the molecule is CC1=C(C)CS(=O)C(P(=O)(c2ccccc2)c2ccccc2)C1. The van der Waals surface area contributed by atoms with Crippen molar-refractivity contribution in [3.05, 3.63) is 71.8 Å². The van der Waals surface area contributed by atoms with Crippen molar-refractivity contribution in [2.45, 2.75) is 25.3 Å². The third-order valence-electron chi connectivity index (χ3n) is 4.56. The van der Waals surface area contributed by atoms with E-state index in [4.69, 9.17) is 0 Å². The maximum Gasteiger partial charge on any atom is 0.158 e. The van der Waals surface area contributed by atoms with E-state index in [0.717, 1.165) is 10.6 Å². The summed E-state index contributed by atoms with van der Waals surface area (Å²) in [6.45, 7) is 4.10. The van der Waals surface area contributed by atoms with Crippen molar-refractivity contribution >= 4 is 28.6 Å². The van der Waals surface area contributed by atoms with Crippen molar-refractivity contribution < 1.29 is 8.77 Å². The molecule has 0 fully saturated rings. The number of benzene rings is 2. The largest absolute Gasteiger partial charge is 0.312 e. The standard InChI is InChI=1S/C19H21O2PS/c1-15-13-19(23(21)14-16(15)2)22(20,17-9-5-3-6-10-17)18-11-7-4-8-12-18/h3-12,19H,13-14H2,1-2H3. The summed E-state index contributed by atoms with van der Waals surface area (Å²) in [6.07, 6.45) is 0.638. The fraction of sp³-hybridized carbons (Fsp3) is 0.263. The molecule has 23 heavy (non-hydrogen) atoms. The van der Waals surface area contributed by atoms with Crippen LogP contribution in [0.25, 0.3) is 0 Å². The van der Waals surface area contributed by atoms with E-state index < -0.39 is 17.9 Å². The fourth-order valence-corrected chi connectivity index (χ4v) is 9.34. The second-order valence-electron chi connectivity index (χ2n) is 6.07. The third-order valence-corrected chi connectivity index (χ3v) is 10.8. The van der Waals surface area contributed by atoms with Gasteiger partial charge in [-0.05, 0) is 20.3 Å². The van der Waals surface area contributed by atoms with Gasteiger partial charge in [-0.25, -0.2) is 0 Å². The van der Waals surface area contributed by atoms with Gasteiger partial charge in [-0.15, -0.1) is 0 Å². The molecule has 0 saturated heterocycles. The lowest BCUT2D eigenvalue weighted by Crippen LogP contribution is -2.32. The number of rotatable bonds is 3. The summed E-state index contributed by atoms with van der Waals surface area (Å²) < 4.78 is 27.1. The van der Waals surface area contributed by atoms with Crippen molar-refractivity contribution in [3.63, 3.8) is 0 Å². The zero-order valence-electron chi connectivity index (χ0n) is 13.4. The second kappa shape index (κ2) is 6.59. The van der Waals surface area contributed by atoms with Gasteiger partial charge in [-0.3, -0.25) is 4.21 Å². The second-order valence-corrected chi connectivity index (χ2v) is 11.0. The summed E-state index contributed by atoms with van der Waals surface area (Å²) >= 11 is 0. The van der Waals surface area contributed by atoms with Crippen LogP contribution in [0.4, 0.5) is 0 Å². The quantitative estimate of drug-likeness (QED) is 0.627. The van der Waals surface area contributed by atoms with E-state index in [0.29, 0.717) is 12.2 Å². The van der Waals surface area contributed by atoms with E-state index in [1.807, 2.05) is 67.6 Å². The summed E-state index contributed by atoms with van der Waals surface area (Å²) in [7, 11) is -4.07. The minimum Gasteiger partial charge on any atom is -0.312 e. The molecule has 0 aliphatic carbocycles. The highest BCUT2D eigenvalue weighted by atomic mass is 32.2. The summed E-state index contributed by atoms with van der Waals surface area (Å²) in [5.74, 6) is 0.528. The molecular weight excluding hydrogens is 323 g/mol. The summed E-state index contributed by atoms with van der Waals surface area (Å²) in [6, 6.07) is 19.1. The summed E-state index contributed by atoms with van der Waals surface area (Å²) in [5.41, 5.74) is 2.40. The molecule has 1 heterocycles. The molecule has 3 rings (SSSR count). The molecule has 0 aromatic heterocycles. The molecule has 2 aromatic carbocycles. The van der Waals surface area contributed by atoms with Crippen LogP contribution >= 0.6 is 7.14 Å². The molecule has 0 bridgehead atoms. The van der Waals surface area contributed by atoms with E-state index in [9.17, 15) is 8.77 Å². The van der Waals surface area contributed by atoms with Gasteiger partial charge in [0, 0.05) is 27.2 Å². The molecule has 120 valence electrons. The van der Waals surface area contributed by atoms with Crippen molar-refractivity contribution in [1.29, 1.82) is 0 Å². The molecule has 2 unspecified atom stereocenters. The van der Waals surface area contributed by atoms with Gasteiger partial charge in [0.2, 0.25) is 0 Å². The molecule has 1 aliphatic heterocycles. The van der Waals surface area contributed by atoms with Crippen LogP contribution in [0, 0.1) is 0 Å². The normalized spacial score (nSPS) is 22.2. The van der Waals surface area contributed by atoms with E-state index in [1.54, 1.807) is 0 Å². The van der Waals surface area contributed by atoms with E-state index >= 15 is 0 Å². The van der Waals surface area contributed by atoms with Gasteiger partial charge in [0.1, 0.15) is 0 Å². The topological polar surface area (TPSA) is 34.1 Å². The first-order valence-electron chi connectivity index (χ1n) is 7.77. The van der Waals surface area contributed by atoms with E-state index in [1.165, 1.54) is 11.1 Å². The van der Waals surface area contributed by atoms with Gasteiger partial charge in [-0.2, -0.15) is 0 Å². The van der Waals surface area contributed by atoms with E-state index in [-0.39, 0.29) is 4.99 Å². The highest BCUT2D eigenvalue weighted by Crippen LogP contribution is 2.53. The monoisotopic (exact) mass is 344 g/mol. The van der Waals surface area contributed by atoms with Gasteiger partial charge in [0.05, 0.1) is 4.99 Å². The fourth-order valence-electron chi connectivity index (χ4n) is 3.04. The molecule has 0 spiro atoms. The zero-order chi connectivity index (χ0) is 16.4. The Labute approximate surface area is 140 Å². The van der Waals surface area contributed by atoms with Crippen molar-refractivity contribution in [1.82, 2.24) is 0 Å². The highest BCUT2D eigenvalue weighted by molar-refractivity contribution is 7.99. The van der Waals surface area contributed by atoms with Crippen LogP contribution in [0.2, 0.25) is 0 Å². The molecule has 4 heteroatoms. The van der Waals surface area contributed by atoms with Crippen molar-refractivity contribution in [3.8, 4) is 0 Å². The van der Waals surface area contributed by atoms with Crippen LogP contribution in [0.1, 0.15) is 20.3 Å². The van der Waals surface area contributed by atoms with Gasteiger partial charge in [-0.1, -0.05) is 71.8 Å². The van der Waals surface area contributed by atoms with Crippen LogP contribution in [0.3, 0.4) is 0 Å². The van der Waals surface area contributed by atoms with Crippen LogP contribution in [0.5, 0.6) is 0 Å². The van der Waals surface area contributed by atoms with Gasteiger partial charge in [0.15, 0.2) is 7.14 Å². The molecule has 0 amide bonds. The first-order chi connectivity index (χ1) is 11.0. The predicted molar refractivity (Wildman–Crippen MR) is 99.5 cm³/mol. The molecular formula is C19H21O2PS. The van der Waals surface area contributed by atoms with Gasteiger partial charge >= 0.3 is 0 Å². The van der Waals surface area contributed by atoms with Crippen LogP contribution in [0.15, 0.2) is 71.8 Å². The maximum atomic E-state index is 14.2. The smallest absolute Gasteiger partial charge is 0.158 e. The molecule has 1 aliphatic rings. The Bertz CT molecular complexity index is 753. The van der Waals surface area contributed by atoms with Crippen molar-refractivity contribution in [2.75, 3.05) is 5.75 Å². The zero-order valence-corrected chi connectivity index (χ0v) is 15.1. The first-order valence-corrected chi connectivity index (χ1v) is 10.9. The minimum atomic E-state index is -2.95. The van der Waals surface area contributed by atoms with E-state index in [2.05, 4.69) is 6.92 Å². The third kappa shape index (κ3) is 3.00. The van der Waals surface area contributed by atoms with Gasteiger partial charge in [0.25, 0.3) is 0 Å². The number of hydrogen-bond donors (Lipinski definition) is 0. The maximum absolute atomic E-state index is 14.2. The Morgan fingerprint density at radius 3 is 1.83 bits per heavy atom. The summed E-state index contributed by atoms with van der Waals surface area (Å²) in [4.78, 5) is -0.337. The lowest BCUT2D eigenvalue weighted by atomic mass is 10.1. The summed E-state index contributed by atoms with van der Waals surface area (Å²) in [5, 5.41) is 1.61. The minimum absolute atomic E-state index is 0.337. The predicted octanol–water partition coefficient (Wildman–Crippen LogP) is 3.82. The Hall–Kier alpha value is -1.44. The lowest BCUT2D eigenvalue weighted by molar-refractivity contribution is 0.583. The number of hydrogen-bond acceptors (Lipinski definition) is 2. The van der Waals surface area contributed by atoms with Crippen LogP contribution in [-0.2, 0) is 15.4 Å². The molecule has 0 N–H and O–H groups in total. The van der Waals surface area contributed by atoms with Crippen LogP contribution < -0.4 is 10.6 Å². The van der Waals surface area contributed by atoms with Crippen LogP contribution in [-0.4, -0.2) is 15.0 Å². The van der Waals surface area contributed by atoms with Crippen molar-refractivity contribution in [2.24, 2.45) is 0 Å². The molecule has 2 atom stereocenters. The number of allylic oxidation sites excluding steroid dienone is 1. The molecule has 2 nitrogen and oxygen atoms in total. The van der Waals surface area contributed by atoms with Gasteiger partial charge < -0.3 is 4.57 Å². The average Bonchev–Trinajstić information content (AvgIpc) is 2.59. The first kappa shape index (κ1) is 16.4. The lowest BCUT2D eigenvalue weighted by Gasteiger charge is -2.32. The Kier molecular flexibility index (Phi) is 4.70. The molecule has 2 aromatic rings. The Morgan fingerprint density at radius 1 is 0.870 bits per heavy atom. The Balaban J connectivity index is 2.18. The average molecular weight is 344 g/mol.